The van der Waals surface area contributed by atoms with Crippen LogP contribution in [0.1, 0.15) is 12.8 Å². The monoisotopic (exact) mass is 343 g/mol. The molecule has 0 aliphatic carbocycles. The molecule has 24 heavy (non-hydrogen) atoms. The third-order valence-electron chi connectivity index (χ3n) is 4.09. The van der Waals surface area contributed by atoms with Crippen molar-refractivity contribution in [3.05, 3.63) is 34.6 Å². The molecule has 0 saturated carbocycles. The summed E-state index contributed by atoms with van der Waals surface area (Å²) in [7, 11) is 1.65. The molecule has 0 radical (unpaired) electrons. The summed E-state index contributed by atoms with van der Waals surface area (Å²) in [4.78, 5) is 12.2. The number of rotatable bonds is 4. The Morgan fingerprint density at radius 1 is 1.33 bits per heavy atom. The molecule has 0 bridgehead atoms. The van der Waals surface area contributed by atoms with E-state index in [2.05, 4.69) is 20.6 Å². The van der Waals surface area contributed by atoms with Gasteiger partial charge in [-0.15, -0.1) is 10.2 Å². The van der Waals surface area contributed by atoms with Crippen LogP contribution in [0.25, 0.3) is 21.5 Å². The molecule has 4 rings (SSSR count). The topological polar surface area (TPSA) is 81.9 Å². The number of nitrogens with zero attached hydrogens (tertiary/aromatic N) is 4. The number of nitrogens with one attached hydrogen (secondary N) is 1. The number of hydrogen-bond donors (Lipinski definition) is 1. The lowest BCUT2D eigenvalue weighted by Crippen LogP contribution is -2.20. The van der Waals surface area contributed by atoms with E-state index in [0.29, 0.717) is 16.1 Å². The Balaban J connectivity index is 1.65. The van der Waals surface area contributed by atoms with Crippen molar-refractivity contribution in [1.82, 2.24) is 20.0 Å². The van der Waals surface area contributed by atoms with Crippen LogP contribution in [0.4, 0.5) is 5.13 Å². The second kappa shape index (κ2) is 6.29. The fourth-order valence-corrected chi connectivity index (χ4v) is 3.60. The summed E-state index contributed by atoms with van der Waals surface area (Å²) in [5.41, 5.74) is 0.561. The van der Waals surface area contributed by atoms with Gasteiger partial charge in [-0.05, 0) is 18.9 Å². The Bertz CT molecular complexity index is 930. The van der Waals surface area contributed by atoms with Crippen molar-refractivity contribution in [3.63, 3.8) is 0 Å². The molecule has 0 unspecified atom stereocenters. The average molecular weight is 343 g/mol. The van der Waals surface area contributed by atoms with E-state index in [-0.39, 0.29) is 11.7 Å². The van der Waals surface area contributed by atoms with E-state index >= 15 is 0 Å². The van der Waals surface area contributed by atoms with Gasteiger partial charge in [-0.25, -0.2) is 4.68 Å². The first-order valence-electron chi connectivity index (χ1n) is 7.88. The highest BCUT2D eigenvalue weighted by Gasteiger charge is 2.17. The van der Waals surface area contributed by atoms with Crippen LogP contribution in [0, 0.1) is 0 Å². The first-order chi connectivity index (χ1) is 11.7. The molecule has 2 aromatic heterocycles. The molecule has 8 heteroatoms. The Hall–Kier alpha value is -2.32. The van der Waals surface area contributed by atoms with Gasteiger partial charge < -0.3 is 10.1 Å². The molecule has 3 aromatic rings. The smallest absolute Gasteiger partial charge is 0.274 e. The largest absolute Gasteiger partial charge is 0.376 e. The molecule has 1 saturated heterocycles. The van der Waals surface area contributed by atoms with Crippen molar-refractivity contribution >= 4 is 27.2 Å². The summed E-state index contributed by atoms with van der Waals surface area (Å²) in [5.74, 6) is 0. The van der Waals surface area contributed by atoms with Crippen LogP contribution in [-0.2, 0) is 11.8 Å². The van der Waals surface area contributed by atoms with Gasteiger partial charge in [0.15, 0.2) is 5.01 Å². The molecule has 3 heterocycles. The van der Waals surface area contributed by atoms with E-state index in [9.17, 15) is 4.79 Å². The van der Waals surface area contributed by atoms with Gasteiger partial charge in [-0.1, -0.05) is 29.5 Å². The molecular formula is C16H17N5O2S. The van der Waals surface area contributed by atoms with E-state index in [0.717, 1.165) is 36.5 Å². The maximum atomic E-state index is 12.2. The Morgan fingerprint density at radius 3 is 2.96 bits per heavy atom. The highest BCUT2D eigenvalue weighted by Crippen LogP contribution is 2.29. The Labute approximate surface area is 142 Å². The zero-order chi connectivity index (χ0) is 16.5. The fourth-order valence-electron chi connectivity index (χ4n) is 2.85. The average Bonchev–Trinajstić information content (AvgIpc) is 3.28. The van der Waals surface area contributed by atoms with Gasteiger partial charge in [0.1, 0.15) is 5.69 Å². The van der Waals surface area contributed by atoms with Gasteiger partial charge in [0.2, 0.25) is 5.13 Å². The van der Waals surface area contributed by atoms with Crippen LogP contribution in [0.3, 0.4) is 0 Å². The van der Waals surface area contributed by atoms with Crippen molar-refractivity contribution in [2.45, 2.75) is 18.9 Å². The quantitative estimate of drug-likeness (QED) is 0.781. The van der Waals surface area contributed by atoms with Gasteiger partial charge in [-0.3, -0.25) is 4.79 Å². The number of benzene rings is 1. The van der Waals surface area contributed by atoms with Crippen LogP contribution < -0.4 is 10.9 Å². The number of fused-ring (bicyclic) bond motifs is 1. The SMILES string of the molecule is Cn1nc(-c2nnc(NC[C@@H]3CCCO3)s2)c2ccccc2c1=O. The molecule has 1 aliphatic rings. The molecule has 1 atom stereocenters. The summed E-state index contributed by atoms with van der Waals surface area (Å²) >= 11 is 1.43. The van der Waals surface area contributed by atoms with Crippen LogP contribution in [-0.4, -0.2) is 39.2 Å². The van der Waals surface area contributed by atoms with Crippen LogP contribution in [0.15, 0.2) is 29.1 Å². The minimum Gasteiger partial charge on any atom is -0.376 e. The van der Waals surface area contributed by atoms with Crippen LogP contribution in [0.2, 0.25) is 0 Å². The number of ether oxygens (including phenoxy) is 1. The second-order valence-corrected chi connectivity index (χ2v) is 6.73. The number of aromatic nitrogens is 4. The highest BCUT2D eigenvalue weighted by atomic mass is 32.1. The summed E-state index contributed by atoms with van der Waals surface area (Å²) in [6.07, 6.45) is 2.43. The van der Waals surface area contributed by atoms with Crippen LogP contribution in [0.5, 0.6) is 0 Å². The summed E-state index contributed by atoms with van der Waals surface area (Å²) in [6, 6.07) is 7.44. The predicted octanol–water partition coefficient (Wildman–Crippen LogP) is 2.04. The number of anilines is 1. The lowest BCUT2D eigenvalue weighted by Gasteiger charge is -2.08. The molecule has 0 amide bonds. The fraction of sp³-hybridized carbons (Fsp3) is 0.375. The summed E-state index contributed by atoms with van der Waals surface area (Å²) in [6.45, 7) is 1.57. The van der Waals surface area contributed by atoms with Gasteiger partial charge in [-0.2, -0.15) is 5.10 Å². The van der Waals surface area contributed by atoms with Gasteiger partial charge in [0.05, 0.1) is 11.5 Å². The number of hydrogen-bond acceptors (Lipinski definition) is 7. The lowest BCUT2D eigenvalue weighted by molar-refractivity contribution is 0.120. The Morgan fingerprint density at radius 2 is 2.17 bits per heavy atom. The van der Waals surface area contributed by atoms with Crippen molar-refractivity contribution in [1.29, 1.82) is 0 Å². The maximum Gasteiger partial charge on any atom is 0.274 e. The summed E-state index contributed by atoms with van der Waals surface area (Å²) in [5, 5.41) is 18.9. The van der Waals surface area contributed by atoms with E-state index in [4.69, 9.17) is 4.74 Å². The van der Waals surface area contributed by atoms with Crippen molar-refractivity contribution in [2.75, 3.05) is 18.5 Å². The standard InChI is InChI=1S/C16H17N5O2S/c1-21-15(22)12-7-3-2-6-11(12)13(20-21)14-18-19-16(24-14)17-9-10-5-4-8-23-10/h2-3,6-7,10H,4-5,8-9H2,1H3,(H,17,19)/t10-/m0/s1. The summed E-state index contributed by atoms with van der Waals surface area (Å²) < 4.78 is 6.94. The molecule has 124 valence electrons. The maximum absolute atomic E-state index is 12.2. The molecule has 1 N–H and O–H groups in total. The van der Waals surface area contributed by atoms with E-state index < -0.39 is 0 Å². The van der Waals surface area contributed by atoms with Crippen molar-refractivity contribution in [3.8, 4) is 10.7 Å². The van der Waals surface area contributed by atoms with E-state index in [1.807, 2.05) is 18.2 Å². The van der Waals surface area contributed by atoms with Gasteiger partial charge in [0.25, 0.3) is 5.56 Å². The van der Waals surface area contributed by atoms with Crippen LogP contribution >= 0.6 is 11.3 Å². The third kappa shape index (κ3) is 2.78. The van der Waals surface area contributed by atoms with Crippen molar-refractivity contribution in [2.24, 2.45) is 7.05 Å². The van der Waals surface area contributed by atoms with Gasteiger partial charge in [0, 0.05) is 25.6 Å². The second-order valence-electron chi connectivity index (χ2n) is 5.75. The normalized spacial score (nSPS) is 17.5. The highest BCUT2D eigenvalue weighted by molar-refractivity contribution is 7.18. The van der Waals surface area contributed by atoms with Gasteiger partial charge >= 0.3 is 0 Å². The molecule has 7 nitrogen and oxygen atoms in total. The molecule has 1 aromatic carbocycles. The predicted molar refractivity (Wildman–Crippen MR) is 93.4 cm³/mol. The molecule has 1 aliphatic heterocycles. The Kier molecular flexibility index (Phi) is 3.99. The molecule has 0 spiro atoms. The zero-order valence-corrected chi connectivity index (χ0v) is 14.0. The minimum absolute atomic E-state index is 0.115. The minimum atomic E-state index is -0.115. The molecule has 1 fully saturated rings. The van der Waals surface area contributed by atoms with E-state index in [1.165, 1.54) is 16.0 Å². The number of aryl methyl sites for hydroxylation is 1. The zero-order valence-electron chi connectivity index (χ0n) is 13.2. The molecular weight excluding hydrogens is 326 g/mol. The lowest BCUT2D eigenvalue weighted by atomic mass is 10.1. The first kappa shape index (κ1) is 15.2. The van der Waals surface area contributed by atoms with Crippen molar-refractivity contribution < 1.29 is 4.74 Å². The first-order valence-corrected chi connectivity index (χ1v) is 8.69. The van der Waals surface area contributed by atoms with E-state index in [1.54, 1.807) is 13.1 Å². The third-order valence-corrected chi connectivity index (χ3v) is 4.98.